The normalized spacial score (nSPS) is 11.3. The molecule has 0 spiro atoms. The second kappa shape index (κ2) is 14.5. The average molecular weight is 334 g/mol. The molecule has 1 aromatic carbocycles. The zero-order chi connectivity index (χ0) is 18.2. The van der Waals surface area contributed by atoms with E-state index in [1.54, 1.807) is 13.1 Å². The highest BCUT2D eigenvalue weighted by atomic mass is 16.3. The molecule has 24 heavy (non-hydrogen) atoms. The molecular weight excluding hydrogens is 304 g/mol. The molecule has 0 fully saturated rings. The fourth-order valence-electron chi connectivity index (χ4n) is 1.87. The molecule has 2 amide bonds. The second-order valence-corrected chi connectivity index (χ2v) is 5.34. The number of hydrogen-bond acceptors (Lipinski definition) is 3. The molecule has 5 nitrogen and oxygen atoms in total. The number of amides is 2. The van der Waals surface area contributed by atoms with Crippen molar-refractivity contribution in [2.45, 2.75) is 45.6 Å². The Hall–Kier alpha value is -2.14. The lowest BCUT2D eigenvalue weighted by atomic mass is 10.1. The van der Waals surface area contributed by atoms with E-state index in [1.807, 2.05) is 25.1 Å². The Labute approximate surface area is 145 Å². The van der Waals surface area contributed by atoms with Crippen LogP contribution in [0.15, 0.2) is 30.3 Å². The third-order valence-electron chi connectivity index (χ3n) is 3.35. The summed E-state index contributed by atoms with van der Waals surface area (Å²) in [5, 5.41) is 14.2. The van der Waals surface area contributed by atoms with Crippen LogP contribution in [0.25, 0.3) is 6.08 Å². The molecule has 1 rings (SSSR count). The second-order valence-electron chi connectivity index (χ2n) is 5.34. The maximum Gasteiger partial charge on any atom is 0.251 e. The Kier molecular flexibility index (Phi) is 13.2. The topological polar surface area (TPSA) is 78.4 Å². The third-order valence-corrected chi connectivity index (χ3v) is 3.35. The summed E-state index contributed by atoms with van der Waals surface area (Å²) < 4.78 is 0. The van der Waals surface area contributed by atoms with E-state index in [2.05, 4.69) is 29.7 Å². The maximum atomic E-state index is 12.1. The number of carbonyl (C=O) groups is 2. The molecule has 0 aliphatic rings. The highest BCUT2D eigenvalue weighted by molar-refractivity contribution is 5.94. The van der Waals surface area contributed by atoms with Gasteiger partial charge < -0.3 is 15.7 Å². The van der Waals surface area contributed by atoms with E-state index < -0.39 is 0 Å². The average Bonchev–Trinajstić information content (AvgIpc) is 2.63. The van der Waals surface area contributed by atoms with Crippen LogP contribution in [0.3, 0.4) is 0 Å². The number of carbonyl (C=O) groups excluding carboxylic acids is 2. The van der Waals surface area contributed by atoms with Crippen molar-refractivity contribution in [1.29, 1.82) is 0 Å². The lowest BCUT2D eigenvalue weighted by Crippen LogP contribution is -2.36. The minimum Gasteiger partial charge on any atom is -0.394 e. The predicted octanol–water partition coefficient (Wildman–Crippen LogP) is 2.75. The number of rotatable bonds is 9. The quantitative estimate of drug-likeness (QED) is 0.480. The van der Waals surface area contributed by atoms with Gasteiger partial charge in [0.15, 0.2) is 0 Å². The molecule has 0 saturated heterocycles. The molecular formula is C19H30N2O3. The minimum atomic E-state index is -0.175. The Morgan fingerprint density at radius 1 is 1.33 bits per heavy atom. The number of benzene rings is 1. The summed E-state index contributed by atoms with van der Waals surface area (Å²) in [6, 6.07) is 7.37. The summed E-state index contributed by atoms with van der Waals surface area (Å²) in [7, 11) is 1.56. The van der Waals surface area contributed by atoms with Gasteiger partial charge in [-0.1, -0.05) is 51.0 Å². The number of aliphatic hydroxyl groups is 1. The van der Waals surface area contributed by atoms with E-state index in [-0.39, 0.29) is 18.6 Å². The van der Waals surface area contributed by atoms with E-state index in [4.69, 9.17) is 9.90 Å². The molecule has 5 heteroatoms. The van der Waals surface area contributed by atoms with Gasteiger partial charge in [0.2, 0.25) is 6.41 Å². The Balaban J connectivity index is 0.00000118. The van der Waals surface area contributed by atoms with E-state index in [9.17, 15) is 4.79 Å². The van der Waals surface area contributed by atoms with Gasteiger partial charge in [-0.05, 0) is 30.5 Å². The number of allylic oxidation sites excluding steroid dienone is 1. The van der Waals surface area contributed by atoms with Gasteiger partial charge in [0.25, 0.3) is 5.91 Å². The molecule has 1 atom stereocenters. The van der Waals surface area contributed by atoms with Gasteiger partial charge in [0.1, 0.15) is 0 Å². The molecule has 1 unspecified atom stereocenters. The minimum absolute atomic E-state index is 0.0289. The van der Waals surface area contributed by atoms with Crippen molar-refractivity contribution < 1.29 is 14.7 Å². The summed E-state index contributed by atoms with van der Waals surface area (Å²) in [6.07, 6.45) is 8.98. The molecule has 3 N–H and O–H groups in total. The summed E-state index contributed by atoms with van der Waals surface area (Å²) in [5.74, 6) is -0.130. The van der Waals surface area contributed by atoms with Crippen molar-refractivity contribution in [3.05, 3.63) is 41.5 Å². The van der Waals surface area contributed by atoms with Gasteiger partial charge in [-0.2, -0.15) is 0 Å². The van der Waals surface area contributed by atoms with Crippen molar-refractivity contribution in [1.82, 2.24) is 10.6 Å². The Morgan fingerprint density at radius 2 is 2.04 bits per heavy atom. The molecule has 0 bridgehead atoms. The van der Waals surface area contributed by atoms with Gasteiger partial charge in [-0.15, -0.1) is 0 Å². The molecule has 0 aromatic heterocycles. The zero-order valence-corrected chi connectivity index (χ0v) is 14.9. The first-order valence-corrected chi connectivity index (χ1v) is 8.42. The van der Waals surface area contributed by atoms with Crippen LogP contribution in [0.2, 0.25) is 0 Å². The molecule has 1 aromatic rings. The van der Waals surface area contributed by atoms with E-state index >= 15 is 0 Å². The Morgan fingerprint density at radius 3 is 2.58 bits per heavy atom. The van der Waals surface area contributed by atoms with E-state index in [0.717, 1.165) is 18.4 Å². The molecule has 0 saturated carbocycles. The van der Waals surface area contributed by atoms with Crippen LogP contribution in [0, 0.1) is 0 Å². The highest BCUT2D eigenvalue weighted by Crippen LogP contribution is 2.09. The number of aliphatic hydroxyl groups excluding tert-OH is 1. The summed E-state index contributed by atoms with van der Waals surface area (Å²) in [4.78, 5) is 21.1. The lowest BCUT2D eigenvalue weighted by Gasteiger charge is -2.14. The predicted molar refractivity (Wildman–Crippen MR) is 98.8 cm³/mol. The van der Waals surface area contributed by atoms with Crippen LogP contribution in [0.4, 0.5) is 0 Å². The largest absolute Gasteiger partial charge is 0.394 e. The third kappa shape index (κ3) is 9.79. The van der Waals surface area contributed by atoms with Crippen molar-refractivity contribution in [3.63, 3.8) is 0 Å². The monoisotopic (exact) mass is 334 g/mol. The van der Waals surface area contributed by atoms with Crippen LogP contribution in [-0.4, -0.2) is 37.1 Å². The zero-order valence-electron chi connectivity index (χ0n) is 14.9. The van der Waals surface area contributed by atoms with Gasteiger partial charge >= 0.3 is 0 Å². The number of hydrogen-bond donors (Lipinski definition) is 3. The number of unbranched alkanes of at least 4 members (excludes halogenated alkanes) is 2. The first-order chi connectivity index (χ1) is 11.6. The van der Waals surface area contributed by atoms with E-state index in [1.165, 1.54) is 12.8 Å². The summed E-state index contributed by atoms with van der Waals surface area (Å²) in [5.41, 5.74) is 1.67. The van der Waals surface area contributed by atoms with Crippen LogP contribution in [-0.2, 0) is 4.79 Å². The summed E-state index contributed by atoms with van der Waals surface area (Å²) >= 11 is 0. The fourth-order valence-corrected chi connectivity index (χ4v) is 1.87. The van der Waals surface area contributed by atoms with Gasteiger partial charge in [-0.25, -0.2) is 0 Å². The van der Waals surface area contributed by atoms with Crippen LogP contribution in [0.1, 0.15) is 55.5 Å². The maximum absolute atomic E-state index is 12.1. The van der Waals surface area contributed by atoms with Crippen molar-refractivity contribution >= 4 is 18.4 Å². The fraction of sp³-hybridized carbons (Fsp3) is 0.474. The molecule has 0 aliphatic carbocycles. The SMILES string of the molecule is CCCC/C=C\c1cccc(C(=O)NC(CC)CO)c1.CNC=O. The molecule has 134 valence electrons. The van der Waals surface area contributed by atoms with Crippen molar-refractivity contribution in [3.8, 4) is 0 Å². The van der Waals surface area contributed by atoms with Crippen LogP contribution in [0.5, 0.6) is 0 Å². The van der Waals surface area contributed by atoms with Crippen molar-refractivity contribution in [2.24, 2.45) is 0 Å². The van der Waals surface area contributed by atoms with Gasteiger partial charge in [0.05, 0.1) is 12.6 Å². The molecule has 0 aliphatic heterocycles. The molecule has 0 heterocycles. The standard InChI is InChI=1S/C17H25NO2.C2H5NO/c1-3-5-6-7-9-14-10-8-11-15(12-14)17(20)18-16(4-2)13-19;1-3-2-4/h7-12,16,19H,3-6,13H2,1-2H3,(H,18,20);2H,1H3,(H,3,4)/b9-7-;. The van der Waals surface area contributed by atoms with Crippen LogP contribution < -0.4 is 10.6 Å². The first-order valence-electron chi connectivity index (χ1n) is 8.42. The lowest BCUT2D eigenvalue weighted by molar-refractivity contribution is -0.109. The van der Waals surface area contributed by atoms with Gasteiger partial charge in [-0.3, -0.25) is 9.59 Å². The van der Waals surface area contributed by atoms with Gasteiger partial charge in [0, 0.05) is 12.6 Å². The number of nitrogens with one attached hydrogen (secondary N) is 2. The summed E-state index contributed by atoms with van der Waals surface area (Å²) in [6.45, 7) is 4.08. The molecule has 0 radical (unpaired) electrons. The van der Waals surface area contributed by atoms with Crippen LogP contribution >= 0.6 is 0 Å². The van der Waals surface area contributed by atoms with E-state index in [0.29, 0.717) is 12.0 Å². The highest BCUT2D eigenvalue weighted by Gasteiger charge is 2.10. The Bertz CT molecular complexity index is 497. The van der Waals surface area contributed by atoms with Crippen molar-refractivity contribution in [2.75, 3.05) is 13.7 Å². The first kappa shape index (κ1) is 21.9. The smallest absolute Gasteiger partial charge is 0.251 e.